The SMILES string of the molecule is C[Si](C)(C)[Si][Si](C)(C)[Si](C)(C)[Si]([Si](C)(C)C)[Si](C)(C)C. The number of hydrogen-bond acceptors (Lipinski definition) is 0. The van der Waals surface area contributed by atoms with Gasteiger partial charge in [-0.1, -0.05) is 85.1 Å². The molecule has 0 aromatic rings. The van der Waals surface area contributed by atoms with Crippen LogP contribution in [0.4, 0.5) is 0 Å². The van der Waals surface area contributed by atoms with Crippen LogP contribution in [0.15, 0.2) is 0 Å². The maximum atomic E-state index is 2.84. The van der Waals surface area contributed by atoms with E-state index < -0.39 is 37.0 Å². The van der Waals surface area contributed by atoms with Gasteiger partial charge >= 0.3 is 0 Å². The molecule has 0 heterocycles. The van der Waals surface area contributed by atoms with E-state index in [1.807, 2.05) is 0 Å². The van der Waals surface area contributed by atoms with E-state index in [1.165, 1.54) is 8.55 Å². The second-order valence-corrected chi connectivity index (χ2v) is 75.0. The molecule has 0 aromatic heterocycles. The van der Waals surface area contributed by atoms with E-state index in [0.717, 1.165) is 0 Å². The Kier molecular flexibility index (Phi) is 6.67. The van der Waals surface area contributed by atoms with Gasteiger partial charge in [0.1, 0.15) is 0 Å². The lowest BCUT2D eigenvalue weighted by Gasteiger charge is -2.54. The number of rotatable bonds is 6. The zero-order valence-electron chi connectivity index (χ0n) is 16.5. The molecule has 0 aliphatic rings. The predicted octanol–water partition coefficient (Wildman–Crippen LogP) is 4.92. The van der Waals surface area contributed by atoms with Gasteiger partial charge in [0.15, 0.2) is 0 Å². The Bertz CT molecular complexity index is 314. The smallest absolute Gasteiger partial charge is 0.0303 e. The van der Waals surface area contributed by atoms with Gasteiger partial charge in [-0.2, -0.15) is 0 Å². The minimum atomic E-state index is -1.03. The summed E-state index contributed by atoms with van der Waals surface area (Å²) >= 11 is 0. The Morgan fingerprint density at radius 2 is 0.850 bits per heavy atom. The maximum absolute atomic E-state index is 2.84. The lowest BCUT2D eigenvalue weighted by atomic mass is 11.8. The van der Waals surface area contributed by atoms with Gasteiger partial charge in [0, 0.05) is 52.9 Å². The first kappa shape index (κ1) is 21.5. The Morgan fingerprint density at radius 1 is 0.550 bits per heavy atom. The molecule has 20 heavy (non-hydrogen) atoms. The van der Waals surface area contributed by atoms with Crippen LogP contribution in [0.1, 0.15) is 0 Å². The molecule has 0 saturated heterocycles. The summed E-state index contributed by atoms with van der Waals surface area (Å²) in [6, 6.07) is 0. The average Bonchev–Trinajstić information content (AvgIpc) is 1.89. The summed E-state index contributed by atoms with van der Waals surface area (Å²) in [4.78, 5) is 0. The standard InChI is InChI=1S/C13H39Si7/c1-16(2,3)14-19(10,11)20(12,13)15(17(4,5)6)18(7,8)9/h1-13H3. The fourth-order valence-electron chi connectivity index (χ4n) is 4.41. The second kappa shape index (κ2) is 6.20. The van der Waals surface area contributed by atoms with Gasteiger partial charge in [0.25, 0.3) is 0 Å². The molecule has 3 radical (unpaired) electrons. The van der Waals surface area contributed by atoms with Gasteiger partial charge < -0.3 is 0 Å². The average molecular weight is 392 g/mol. The van der Waals surface area contributed by atoms with Crippen LogP contribution in [-0.4, -0.2) is 52.9 Å². The van der Waals surface area contributed by atoms with Gasteiger partial charge in [-0.3, -0.25) is 0 Å². The van der Waals surface area contributed by atoms with Crippen molar-refractivity contribution in [1.82, 2.24) is 0 Å². The van der Waals surface area contributed by atoms with Crippen molar-refractivity contribution in [2.24, 2.45) is 0 Å². The summed E-state index contributed by atoms with van der Waals surface area (Å²) in [5, 5.41) is 0. The molecule has 0 atom stereocenters. The lowest BCUT2D eigenvalue weighted by molar-refractivity contribution is 1.79. The van der Waals surface area contributed by atoms with Crippen molar-refractivity contribution in [1.29, 1.82) is 0 Å². The monoisotopic (exact) mass is 391 g/mol. The quantitative estimate of drug-likeness (QED) is 0.563. The van der Waals surface area contributed by atoms with Crippen LogP contribution in [0.25, 0.3) is 0 Å². The van der Waals surface area contributed by atoms with E-state index in [2.05, 4.69) is 85.1 Å². The van der Waals surface area contributed by atoms with Crippen molar-refractivity contribution < 1.29 is 0 Å². The highest BCUT2D eigenvalue weighted by atomic mass is 30.1. The molecular weight excluding hydrogens is 353 g/mol. The van der Waals surface area contributed by atoms with Gasteiger partial charge in [0.2, 0.25) is 0 Å². The van der Waals surface area contributed by atoms with E-state index >= 15 is 0 Å². The van der Waals surface area contributed by atoms with Crippen LogP contribution in [0.3, 0.4) is 0 Å². The van der Waals surface area contributed by atoms with Gasteiger partial charge in [-0.25, -0.2) is 0 Å². The minimum absolute atomic E-state index is 0.0729. The van der Waals surface area contributed by atoms with E-state index in [0.29, 0.717) is 0 Å². The predicted molar refractivity (Wildman–Crippen MR) is 117 cm³/mol. The molecule has 0 unspecified atom stereocenters. The molecule has 0 rings (SSSR count). The summed E-state index contributed by atoms with van der Waals surface area (Å²) in [7, 11) is -3.55. The molecule has 0 spiro atoms. The Morgan fingerprint density at radius 3 is 1.05 bits per heavy atom. The molecule has 0 fully saturated rings. The molecule has 0 aliphatic carbocycles. The van der Waals surface area contributed by atoms with Crippen molar-refractivity contribution in [3.05, 3.63) is 0 Å². The van der Waals surface area contributed by atoms with Crippen LogP contribution in [0, 0.1) is 0 Å². The topological polar surface area (TPSA) is 0 Å². The lowest BCUT2D eigenvalue weighted by Crippen LogP contribution is -2.82. The third-order valence-electron chi connectivity index (χ3n) is 4.38. The molecule has 0 aromatic carbocycles. The van der Waals surface area contributed by atoms with Crippen LogP contribution >= 0.6 is 0 Å². The minimum Gasteiger partial charge on any atom is -0.0739 e. The van der Waals surface area contributed by atoms with Crippen molar-refractivity contribution in [3.63, 3.8) is 0 Å². The van der Waals surface area contributed by atoms with Crippen molar-refractivity contribution in [2.45, 2.75) is 85.1 Å². The molecule has 0 amide bonds. The third kappa shape index (κ3) is 5.62. The molecular formula is C13H39Si7. The maximum Gasteiger partial charge on any atom is 0.0303 e. The fourth-order valence-corrected chi connectivity index (χ4v) is 190. The molecule has 119 valence electrons. The zero-order valence-corrected chi connectivity index (χ0v) is 23.5. The van der Waals surface area contributed by atoms with Crippen LogP contribution in [-0.2, 0) is 0 Å². The van der Waals surface area contributed by atoms with Crippen LogP contribution in [0.2, 0.25) is 85.1 Å². The van der Waals surface area contributed by atoms with Crippen LogP contribution in [0.5, 0.6) is 0 Å². The largest absolute Gasteiger partial charge is 0.0739 e. The summed E-state index contributed by atoms with van der Waals surface area (Å²) in [6.45, 7) is 35.3. The second-order valence-electron chi connectivity index (χ2n) is 10.5. The van der Waals surface area contributed by atoms with Crippen molar-refractivity contribution in [3.8, 4) is 0 Å². The summed E-state index contributed by atoms with van der Waals surface area (Å²) in [5.41, 5.74) is 0. The Hall–Kier alpha value is 1.52. The van der Waals surface area contributed by atoms with Gasteiger partial charge in [-0.05, 0) is 0 Å². The first-order valence-electron chi connectivity index (χ1n) is 8.00. The Balaban J connectivity index is 5.77. The highest BCUT2D eigenvalue weighted by molar-refractivity contribution is 7.97. The number of hydrogen-bond donors (Lipinski definition) is 0. The van der Waals surface area contributed by atoms with E-state index in [1.54, 1.807) is 0 Å². The molecule has 0 saturated carbocycles. The summed E-state index contributed by atoms with van der Waals surface area (Å²) < 4.78 is 0. The van der Waals surface area contributed by atoms with E-state index in [4.69, 9.17) is 0 Å². The summed E-state index contributed by atoms with van der Waals surface area (Å²) in [5.74, 6) is 0. The van der Waals surface area contributed by atoms with E-state index in [9.17, 15) is 0 Å². The van der Waals surface area contributed by atoms with E-state index in [-0.39, 0.29) is 7.35 Å². The zero-order chi connectivity index (χ0) is 16.8. The molecule has 0 nitrogen and oxygen atoms in total. The first-order valence-corrected chi connectivity index (χ1v) is 33.0. The highest BCUT2D eigenvalue weighted by Crippen LogP contribution is 2.32. The fraction of sp³-hybridized carbons (Fsp3) is 1.00. The van der Waals surface area contributed by atoms with Crippen molar-refractivity contribution >= 4 is 52.9 Å². The molecule has 7 heteroatoms. The molecule has 0 bridgehead atoms. The first-order chi connectivity index (χ1) is 8.32. The van der Waals surface area contributed by atoms with Crippen molar-refractivity contribution in [2.75, 3.05) is 0 Å². The highest BCUT2D eigenvalue weighted by Gasteiger charge is 2.56. The van der Waals surface area contributed by atoms with Crippen LogP contribution < -0.4 is 0 Å². The summed E-state index contributed by atoms with van der Waals surface area (Å²) in [6.07, 6.45) is 0. The van der Waals surface area contributed by atoms with Gasteiger partial charge in [-0.15, -0.1) is 0 Å². The normalized spacial score (nSPS) is 15.9. The molecule has 0 aliphatic heterocycles. The third-order valence-corrected chi connectivity index (χ3v) is 114. The molecule has 0 N–H and O–H groups in total. The van der Waals surface area contributed by atoms with Gasteiger partial charge in [0.05, 0.1) is 0 Å². The Labute approximate surface area is 137 Å².